The number of hydrogen-bond donors (Lipinski definition) is 2. The number of nitrogens with one attached hydrogen (secondary N) is 2. The fraction of sp³-hybridized carbons (Fsp3) is 0.333. The van der Waals surface area contributed by atoms with Crippen molar-refractivity contribution in [2.24, 2.45) is 0 Å². The fourth-order valence-corrected chi connectivity index (χ4v) is 1.25. The Morgan fingerprint density at radius 2 is 1.88 bits per heavy atom. The predicted octanol–water partition coefficient (Wildman–Crippen LogP) is 2.58. The second-order valence-corrected chi connectivity index (χ2v) is 4.51. The number of anilines is 1. The molecule has 0 heterocycles. The van der Waals surface area contributed by atoms with E-state index in [1.165, 1.54) is 6.92 Å². The lowest BCUT2D eigenvalue weighted by Gasteiger charge is -2.09. The van der Waals surface area contributed by atoms with Crippen LogP contribution >= 0.6 is 11.6 Å². The number of carbonyl (C=O) groups is 2. The van der Waals surface area contributed by atoms with Gasteiger partial charge in [0, 0.05) is 5.69 Å². The summed E-state index contributed by atoms with van der Waals surface area (Å²) in [5, 5.41) is 3.97. The fourth-order valence-electron chi connectivity index (χ4n) is 1.19. The molecule has 1 aromatic carbocycles. The first kappa shape index (κ1) is 13.5. The van der Waals surface area contributed by atoms with Crippen molar-refractivity contribution >= 4 is 29.2 Å². The van der Waals surface area contributed by atoms with Gasteiger partial charge in [-0.2, -0.15) is 0 Å². The maximum Gasteiger partial charge on any atom is 0.325 e. The van der Waals surface area contributed by atoms with Crippen LogP contribution < -0.4 is 10.6 Å². The van der Waals surface area contributed by atoms with Crippen molar-refractivity contribution in [1.29, 1.82) is 0 Å². The van der Waals surface area contributed by atoms with E-state index in [0.717, 1.165) is 11.1 Å². The number of alkyl halides is 1. The number of rotatable bonds is 2. The highest BCUT2D eigenvalue weighted by Crippen LogP contribution is 2.13. The van der Waals surface area contributed by atoms with Gasteiger partial charge in [0.25, 0.3) is 0 Å². The number of imide groups is 1. The van der Waals surface area contributed by atoms with Gasteiger partial charge in [0.15, 0.2) is 0 Å². The van der Waals surface area contributed by atoms with Crippen molar-refractivity contribution in [3.63, 3.8) is 0 Å². The van der Waals surface area contributed by atoms with Gasteiger partial charge in [0.1, 0.15) is 5.38 Å². The third-order valence-corrected chi connectivity index (χ3v) is 2.56. The molecule has 1 aromatic rings. The monoisotopic (exact) mass is 254 g/mol. The predicted molar refractivity (Wildman–Crippen MR) is 68.4 cm³/mol. The average Bonchev–Trinajstić information content (AvgIpc) is 2.23. The number of urea groups is 1. The van der Waals surface area contributed by atoms with E-state index in [9.17, 15) is 9.59 Å². The van der Waals surface area contributed by atoms with Gasteiger partial charge >= 0.3 is 6.03 Å². The maximum atomic E-state index is 11.4. The zero-order valence-electron chi connectivity index (χ0n) is 10.0. The van der Waals surface area contributed by atoms with E-state index in [4.69, 9.17) is 11.6 Å². The molecule has 1 atom stereocenters. The molecule has 4 nitrogen and oxygen atoms in total. The Kier molecular flexibility index (Phi) is 4.52. The van der Waals surface area contributed by atoms with Gasteiger partial charge in [-0.25, -0.2) is 4.79 Å². The summed E-state index contributed by atoms with van der Waals surface area (Å²) in [6.07, 6.45) is 0. The zero-order chi connectivity index (χ0) is 13.0. The third-order valence-electron chi connectivity index (χ3n) is 2.36. The summed E-state index contributed by atoms with van der Waals surface area (Å²) in [6.45, 7) is 5.43. The van der Waals surface area contributed by atoms with Crippen LogP contribution in [-0.4, -0.2) is 17.3 Å². The van der Waals surface area contributed by atoms with E-state index in [2.05, 4.69) is 10.6 Å². The molecule has 0 spiro atoms. The molecule has 0 fully saturated rings. The quantitative estimate of drug-likeness (QED) is 0.797. The van der Waals surface area contributed by atoms with E-state index in [1.54, 1.807) is 6.07 Å². The molecule has 0 saturated carbocycles. The van der Waals surface area contributed by atoms with Gasteiger partial charge in [0.05, 0.1) is 0 Å². The van der Waals surface area contributed by atoms with Crippen LogP contribution in [0.3, 0.4) is 0 Å². The molecule has 0 aromatic heterocycles. The Morgan fingerprint density at radius 1 is 1.24 bits per heavy atom. The first-order chi connectivity index (χ1) is 7.90. The molecule has 5 heteroatoms. The molecule has 17 heavy (non-hydrogen) atoms. The van der Waals surface area contributed by atoms with Crippen LogP contribution in [0.5, 0.6) is 0 Å². The molecule has 1 unspecified atom stereocenters. The molecular weight excluding hydrogens is 240 g/mol. The lowest BCUT2D eigenvalue weighted by Crippen LogP contribution is -2.38. The van der Waals surface area contributed by atoms with Crippen LogP contribution in [-0.2, 0) is 4.79 Å². The van der Waals surface area contributed by atoms with Gasteiger partial charge in [-0.1, -0.05) is 6.07 Å². The summed E-state index contributed by atoms with van der Waals surface area (Å²) in [6, 6.07) is 4.93. The van der Waals surface area contributed by atoms with Crippen molar-refractivity contribution in [2.45, 2.75) is 26.1 Å². The molecule has 0 bridgehead atoms. The number of halogens is 1. The zero-order valence-corrected chi connectivity index (χ0v) is 10.8. The minimum atomic E-state index is -0.736. The maximum absolute atomic E-state index is 11.4. The Labute approximate surface area is 105 Å². The lowest BCUT2D eigenvalue weighted by molar-refractivity contribution is -0.119. The second kappa shape index (κ2) is 5.68. The van der Waals surface area contributed by atoms with Crippen molar-refractivity contribution in [1.82, 2.24) is 5.32 Å². The Bertz CT molecular complexity index is 444. The van der Waals surface area contributed by atoms with Crippen LogP contribution in [0, 0.1) is 13.8 Å². The van der Waals surface area contributed by atoms with Gasteiger partial charge in [-0.05, 0) is 44.0 Å². The van der Waals surface area contributed by atoms with E-state index >= 15 is 0 Å². The largest absolute Gasteiger partial charge is 0.325 e. The number of aryl methyl sites for hydroxylation is 2. The van der Waals surface area contributed by atoms with Crippen LogP contribution in [0.1, 0.15) is 18.1 Å². The highest BCUT2D eigenvalue weighted by Gasteiger charge is 2.12. The summed E-state index contributed by atoms with van der Waals surface area (Å²) in [5.74, 6) is -0.520. The smallest absolute Gasteiger partial charge is 0.308 e. The molecule has 0 aliphatic rings. The summed E-state index contributed by atoms with van der Waals surface area (Å²) >= 11 is 5.53. The van der Waals surface area contributed by atoms with E-state index < -0.39 is 17.3 Å². The van der Waals surface area contributed by atoms with Gasteiger partial charge in [-0.3, -0.25) is 10.1 Å². The molecule has 92 valence electrons. The Hall–Kier alpha value is -1.55. The molecule has 0 aliphatic heterocycles. The van der Waals surface area contributed by atoms with Crippen molar-refractivity contribution in [2.75, 3.05) is 5.32 Å². The number of benzene rings is 1. The second-order valence-electron chi connectivity index (χ2n) is 3.86. The van der Waals surface area contributed by atoms with Gasteiger partial charge in [0.2, 0.25) is 5.91 Å². The van der Waals surface area contributed by atoms with Crippen molar-refractivity contribution in [3.05, 3.63) is 29.3 Å². The molecule has 0 saturated heterocycles. The van der Waals surface area contributed by atoms with Crippen LogP contribution in [0.4, 0.5) is 10.5 Å². The third kappa shape index (κ3) is 4.07. The van der Waals surface area contributed by atoms with Crippen LogP contribution in [0.2, 0.25) is 0 Å². The molecule has 2 N–H and O–H groups in total. The highest BCUT2D eigenvalue weighted by molar-refractivity contribution is 6.31. The summed E-state index contributed by atoms with van der Waals surface area (Å²) in [5.41, 5.74) is 2.85. The standard InChI is InChI=1S/C12H15ClN2O2/c1-7-4-5-10(6-8(7)2)14-12(17)15-11(16)9(3)13/h4-6,9H,1-3H3,(H2,14,15,16,17). The summed E-state index contributed by atoms with van der Waals surface area (Å²) < 4.78 is 0. The van der Waals surface area contributed by atoms with E-state index in [1.807, 2.05) is 26.0 Å². The molecule has 0 radical (unpaired) electrons. The van der Waals surface area contributed by atoms with Crippen LogP contribution in [0.15, 0.2) is 18.2 Å². The Balaban J connectivity index is 2.62. The molecule has 1 rings (SSSR count). The average molecular weight is 255 g/mol. The molecular formula is C12H15ClN2O2. The van der Waals surface area contributed by atoms with E-state index in [0.29, 0.717) is 5.69 Å². The first-order valence-electron chi connectivity index (χ1n) is 5.23. The number of hydrogen-bond acceptors (Lipinski definition) is 2. The first-order valence-corrected chi connectivity index (χ1v) is 5.67. The summed E-state index contributed by atoms with van der Waals surface area (Å²) in [4.78, 5) is 22.6. The topological polar surface area (TPSA) is 58.2 Å². The SMILES string of the molecule is Cc1ccc(NC(=O)NC(=O)C(C)Cl)cc1C. The van der Waals surface area contributed by atoms with Crippen molar-refractivity contribution < 1.29 is 9.59 Å². The van der Waals surface area contributed by atoms with Gasteiger partial charge < -0.3 is 5.32 Å². The minimum Gasteiger partial charge on any atom is -0.308 e. The van der Waals surface area contributed by atoms with E-state index in [-0.39, 0.29) is 0 Å². The molecule has 0 aliphatic carbocycles. The summed E-state index contributed by atoms with van der Waals surface area (Å²) in [7, 11) is 0. The molecule has 3 amide bonds. The number of carbonyl (C=O) groups excluding carboxylic acids is 2. The number of amides is 3. The van der Waals surface area contributed by atoms with Crippen molar-refractivity contribution in [3.8, 4) is 0 Å². The minimum absolute atomic E-state index is 0.520. The Morgan fingerprint density at radius 3 is 2.41 bits per heavy atom. The van der Waals surface area contributed by atoms with Crippen LogP contribution in [0.25, 0.3) is 0 Å². The highest BCUT2D eigenvalue weighted by atomic mass is 35.5. The normalized spacial score (nSPS) is 11.8. The van der Waals surface area contributed by atoms with Gasteiger partial charge in [-0.15, -0.1) is 11.6 Å². The lowest BCUT2D eigenvalue weighted by atomic mass is 10.1.